The van der Waals surface area contributed by atoms with Crippen LogP contribution in [0.3, 0.4) is 0 Å². The SMILES string of the molecule is O=C(Nc1cc(Cl)c(-c2cc(F)cnc2F)cc1F)N1C2CC[C@@H]1c1c[nH]c(=O)cc1C2. The Bertz CT molecular complexity index is 1310. The molecule has 1 saturated heterocycles. The average molecular weight is 461 g/mol. The highest BCUT2D eigenvalue weighted by Crippen LogP contribution is 2.43. The lowest BCUT2D eigenvalue weighted by Gasteiger charge is -2.36. The van der Waals surface area contributed by atoms with Crippen LogP contribution in [0.1, 0.15) is 30.0 Å². The number of amides is 2. The molecular weight excluding hydrogens is 445 g/mol. The first-order chi connectivity index (χ1) is 15.3. The van der Waals surface area contributed by atoms with Crippen molar-refractivity contribution in [3.8, 4) is 11.1 Å². The zero-order chi connectivity index (χ0) is 22.6. The molecule has 2 aromatic heterocycles. The molecule has 6 nitrogen and oxygen atoms in total. The average Bonchev–Trinajstić information content (AvgIpc) is 3.07. The summed E-state index contributed by atoms with van der Waals surface area (Å²) in [6.45, 7) is 0. The number of hydrogen-bond acceptors (Lipinski definition) is 3. The number of benzene rings is 1. The predicted molar refractivity (Wildman–Crippen MR) is 112 cm³/mol. The molecule has 1 unspecified atom stereocenters. The number of anilines is 1. The fourth-order valence-electron chi connectivity index (χ4n) is 4.60. The van der Waals surface area contributed by atoms with Crippen molar-refractivity contribution in [3.63, 3.8) is 0 Å². The highest BCUT2D eigenvalue weighted by molar-refractivity contribution is 6.33. The molecule has 0 aliphatic carbocycles. The van der Waals surface area contributed by atoms with Crippen molar-refractivity contribution < 1.29 is 18.0 Å². The van der Waals surface area contributed by atoms with E-state index in [0.717, 1.165) is 42.2 Å². The molecule has 1 fully saturated rings. The van der Waals surface area contributed by atoms with Gasteiger partial charge in [0.2, 0.25) is 11.5 Å². The third-order valence-electron chi connectivity index (χ3n) is 5.99. The molecule has 4 heterocycles. The standard InChI is InChI=1S/C22H16ClF3N4O2/c23-16-7-18(17(25)6-13(16)14-5-11(24)8-28-21(14)26)29-22(32)30-12-1-2-19(30)15-9-27-20(31)4-10(15)3-12/h4-9,12,19H,1-3H2,(H,27,31)(H,29,32)/t12?,19-/m1/s1. The summed E-state index contributed by atoms with van der Waals surface area (Å²) in [6.07, 6.45) is 4.35. The van der Waals surface area contributed by atoms with Gasteiger partial charge in [0.25, 0.3) is 0 Å². The van der Waals surface area contributed by atoms with Gasteiger partial charge in [-0.3, -0.25) is 4.79 Å². The summed E-state index contributed by atoms with van der Waals surface area (Å²) < 4.78 is 42.3. The molecule has 32 heavy (non-hydrogen) atoms. The number of nitrogens with zero attached hydrogens (tertiary/aromatic N) is 2. The Balaban J connectivity index is 1.43. The summed E-state index contributed by atoms with van der Waals surface area (Å²) in [5.41, 5.74) is 1.04. The van der Waals surface area contributed by atoms with Gasteiger partial charge in [-0.1, -0.05) is 11.6 Å². The van der Waals surface area contributed by atoms with Crippen molar-refractivity contribution in [2.45, 2.75) is 31.3 Å². The smallest absolute Gasteiger partial charge is 0.322 e. The number of aromatic nitrogens is 2. The van der Waals surface area contributed by atoms with Gasteiger partial charge >= 0.3 is 6.03 Å². The number of H-pyrrole nitrogens is 1. The number of fused-ring (bicyclic) bond motifs is 4. The van der Waals surface area contributed by atoms with Crippen LogP contribution in [0.5, 0.6) is 0 Å². The lowest BCUT2D eigenvalue weighted by molar-refractivity contribution is 0.179. The van der Waals surface area contributed by atoms with E-state index < -0.39 is 23.6 Å². The van der Waals surface area contributed by atoms with Gasteiger partial charge in [-0.25, -0.2) is 18.6 Å². The van der Waals surface area contributed by atoms with E-state index in [1.807, 2.05) is 0 Å². The second-order valence-electron chi connectivity index (χ2n) is 7.87. The van der Waals surface area contributed by atoms with Crippen LogP contribution in [0, 0.1) is 17.6 Å². The quantitative estimate of drug-likeness (QED) is 0.539. The van der Waals surface area contributed by atoms with E-state index in [1.165, 1.54) is 0 Å². The first-order valence-electron chi connectivity index (χ1n) is 9.93. The molecule has 0 saturated carbocycles. The zero-order valence-electron chi connectivity index (χ0n) is 16.5. The van der Waals surface area contributed by atoms with E-state index in [-0.39, 0.29) is 39.5 Å². The number of rotatable bonds is 2. The maximum atomic E-state index is 14.8. The van der Waals surface area contributed by atoms with Gasteiger partial charge in [-0.05, 0) is 48.6 Å². The van der Waals surface area contributed by atoms with Gasteiger partial charge in [-0.15, -0.1) is 0 Å². The number of halogens is 4. The van der Waals surface area contributed by atoms with Crippen molar-refractivity contribution in [1.82, 2.24) is 14.9 Å². The van der Waals surface area contributed by atoms with E-state index in [9.17, 15) is 22.8 Å². The Labute approximate surface area is 185 Å². The maximum Gasteiger partial charge on any atom is 0.322 e. The van der Waals surface area contributed by atoms with Crippen molar-refractivity contribution in [2.24, 2.45) is 0 Å². The molecule has 0 radical (unpaired) electrons. The van der Waals surface area contributed by atoms with Gasteiger partial charge in [0, 0.05) is 29.4 Å². The predicted octanol–water partition coefficient (Wildman–Crippen LogP) is 4.80. The Hall–Kier alpha value is -3.33. The second-order valence-corrected chi connectivity index (χ2v) is 8.28. The molecule has 0 spiro atoms. The van der Waals surface area contributed by atoms with E-state index in [4.69, 9.17) is 11.6 Å². The number of hydrogen-bond donors (Lipinski definition) is 2. The third kappa shape index (κ3) is 3.42. The summed E-state index contributed by atoms with van der Waals surface area (Å²) in [4.78, 5) is 32.2. The molecule has 5 rings (SSSR count). The van der Waals surface area contributed by atoms with Crippen molar-refractivity contribution in [1.29, 1.82) is 0 Å². The largest absolute Gasteiger partial charge is 0.329 e. The second kappa shape index (κ2) is 7.67. The summed E-state index contributed by atoms with van der Waals surface area (Å²) in [6, 6.07) is 3.66. The molecule has 3 aromatic rings. The van der Waals surface area contributed by atoms with E-state index in [2.05, 4.69) is 15.3 Å². The fourth-order valence-corrected chi connectivity index (χ4v) is 4.87. The normalized spacial score (nSPS) is 19.1. The first-order valence-corrected chi connectivity index (χ1v) is 10.3. The van der Waals surface area contributed by atoms with Crippen LogP contribution >= 0.6 is 11.6 Å². The van der Waals surface area contributed by atoms with Crippen molar-refractivity contribution >= 4 is 23.3 Å². The molecule has 2 bridgehead atoms. The van der Waals surface area contributed by atoms with E-state index in [1.54, 1.807) is 17.2 Å². The van der Waals surface area contributed by atoms with Crippen LogP contribution < -0.4 is 10.9 Å². The maximum absolute atomic E-state index is 14.8. The van der Waals surface area contributed by atoms with Crippen LogP contribution in [0.25, 0.3) is 11.1 Å². The monoisotopic (exact) mass is 460 g/mol. The molecule has 2 atom stereocenters. The number of aromatic amines is 1. The minimum Gasteiger partial charge on any atom is -0.329 e. The molecular formula is C22H16ClF3N4O2. The van der Waals surface area contributed by atoms with E-state index >= 15 is 0 Å². The van der Waals surface area contributed by atoms with Crippen LogP contribution in [-0.2, 0) is 6.42 Å². The van der Waals surface area contributed by atoms with Crippen LogP contribution in [0.15, 0.2) is 41.5 Å². The molecule has 2 amide bonds. The zero-order valence-corrected chi connectivity index (χ0v) is 17.2. The van der Waals surface area contributed by atoms with Gasteiger partial charge in [-0.2, -0.15) is 4.39 Å². The minimum absolute atomic E-state index is 0.0717. The molecule has 10 heteroatoms. The summed E-state index contributed by atoms with van der Waals surface area (Å²) in [5.74, 6) is -2.64. The van der Waals surface area contributed by atoms with Gasteiger partial charge < -0.3 is 15.2 Å². The highest BCUT2D eigenvalue weighted by Gasteiger charge is 2.43. The first kappa shape index (κ1) is 20.6. The Kier molecular flexibility index (Phi) is 4.93. The molecule has 1 aromatic carbocycles. The minimum atomic E-state index is -0.994. The molecule has 2 aliphatic heterocycles. The number of urea groups is 1. The van der Waals surface area contributed by atoms with Crippen LogP contribution in [0.4, 0.5) is 23.7 Å². The van der Waals surface area contributed by atoms with Gasteiger partial charge in [0.15, 0.2) is 0 Å². The van der Waals surface area contributed by atoms with Gasteiger partial charge in [0.05, 0.1) is 22.9 Å². The summed E-state index contributed by atoms with van der Waals surface area (Å²) in [5, 5.41) is 2.47. The van der Waals surface area contributed by atoms with E-state index in [0.29, 0.717) is 12.6 Å². The third-order valence-corrected chi connectivity index (χ3v) is 6.30. The number of carbonyl (C=O) groups is 1. The molecule has 164 valence electrons. The van der Waals surface area contributed by atoms with Gasteiger partial charge in [0.1, 0.15) is 11.6 Å². The fraction of sp³-hybridized carbons (Fsp3) is 0.227. The van der Waals surface area contributed by atoms with Crippen molar-refractivity contribution in [2.75, 3.05) is 5.32 Å². The number of pyridine rings is 2. The lowest BCUT2D eigenvalue weighted by atomic mass is 9.95. The number of nitrogens with one attached hydrogen (secondary N) is 2. The number of carbonyl (C=O) groups excluding carboxylic acids is 1. The van der Waals surface area contributed by atoms with Crippen LogP contribution in [-0.4, -0.2) is 26.9 Å². The lowest BCUT2D eigenvalue weighted by Crippen LogP contribution is -2.44. The van der Waals surface area contributed by atoms with Crippen LogP contribution in [0.2, 0.25) is 5.02 Å². The Morgan fingerprint density at radius 2 is 1.97 bits per heavy atom. The summed E-state index contributed by atoms with van der Waals surface area (Å²) in [7, 11) is 0. The molecule has 2 aliphatic rings. The highest BCUT2D eigenvalue weighted by atomic mass is 35.5. The molecule has 2 N–H and O–H groups in total. The topological polar surface area (TPSA) is 78.1 Å². The van der Waals surface area contributed by atoms with Crippen molar-refractivity contribution in [3.05, 3.63) is 80.7 Å². The Morgan fingerprint density at radius 1 is 1.16 bits per heavy atom. The Morgan fingerprint density at radius 3 is 2.78 bits per heavy atom. The summed E-state index contributed by atoms with van der Waals surface area (Å²) >= 11 is 6.20.